The molecule has 1 aromatic rings. The van der Waals surface area contributed by atoms with Crippen LogP contribution < -0.4 is 11.1 Å². The number of rotatable bonds is 7. The van der Waals surface area contributed by atoms with Gasteiger partial charge in [-0.2, -0.15) is 0 Å². The van der Waals surface area contributed by atoms with Gasteiger partial charge in [0.1, 0.15) is 6.04 Å². The molecule has 1 aliphatic heterocycles. The third kappa shape index (κ3) is 4.28. The van der Waals surface area contributed by atoms with Gasteiger partial charge in [0.2, 0.25) is 11.8 Å². The van der Waals surface area contributed by atoms with Crippen molar-refractivity contribution < 1.29 is 9.59 Å². The summed E-state index contributed by atoms with van der Waals surface area (Å²) in [6.07, 6.45) is 2.02. The zero-order valence-electron chi connectivity index (χ0n) is 14.5. The summed E-state index contributed by atoms with van der Waals surface area (Å²) in [5.41, 5.74) is 6.35. The Hall–Kier alpha value is -1.59. The monoisotopic (exact) mass is 353 g/mol. The molecule has 3 N–H and O–H groups in total. The van der Waals surface area contributed by atoms with Gasteiger partial charge in [-0.05, 0) is 24.8 Å². The number of carbonyl (C=O) groups excluding carboxylic acids is 2. The lowest BCUT2D eigenvalue weighted by Gasteiger charge is -2.29. The van der Waals surface area contributed by atoms with Gasteiger partial charge < -0.3 is 16.0 Å². The fraction of sp³-hybridized carbons (Fsp3) is 0.556. The van der Waals surface area contributed by atoms with Crippen LogP contribution in [0.4, 0.5) is 0 Å². The van der Waals surface area contributed by atoms with Gasteiger partial charge in [0.05, 0.1) is 5.41 Å². The van der Waals surface area contributed by atoms with Gasteiger partial charge in [0, 0.05) is 19.6 Å². The molecule has 2 rings (SSSR count). The normalized spacial score (nSPS) is 17.5. The Labute approximate surface area is 150 Å². The first-order valence-corrected chi connectivity index (χ1v) is 8.40. The molecule has 1 aromatic carbocycles. The molecule has 0 bridgehead atoms. The Kier molecular flexibility index (Phi) is 7.70. The summed E-state index contributed by atoms with van der Waals surface area (Å²) in [6, 6.07) is 9.48. The van der Waals surface area contributed by atoms with Crippen LogP contribution in [0.1, 0.15) is 38.7 Å². The second-order valence-corrected chi connectivity index (χ2v) is 6.25. The standard InChI is InChI=1S/C18H27N3O2.ClH/c1-3-18(4-2,13-19)17(23)20-15-10-11-21(16(15)22)12-14-8-6-5-7-9-14;/h5-9,15H,3-4,10-13,19H2,1-2H3,(H,20,23);1H. The van der Waals surface area contributed by atoms with E-state index in [9.17, 15) is 9.59 Å². The van der Waals surface area contributed by atoms with E-state index in [1.54, 1.807) is 0 Å². The van der Waals surface area contributed by atoms with E-state index in [1.165, 1.54) is 0 Å². The van der Waals surface area contributed by atoms with Crippen LogP contribution in [0.25, 0.3) is 0 Å². The SMILES string of the molecule is CCC(CC)(CN)C(=O)NC1CCN(Cc2ccccc2)C1=O.Cl. The zero-order chi connectivity index (χ0) is 16.9. The first-order chi connectivity index (χ1) is 11.1. The smallest absolute Gasteiger partial charge is 0.245 e. The largest absolute Gasteiger partial charge is 0.344 e. The summed E-state index contributed by atoms with van der Waals surface area (Å²) in [7, 11) is 0. The average Bonchev–Trinajstić information content (AvgIpc) is 2.91. The summed E-state index contributed by atoms with van der Waals surface area (Å²) in [6.45, 7) is 5.50. The van der Waals surface area contributed by atoms with Crippen molar-refractivity contribution in [3.63, 3.8) is 0 Å². The second-order valence-electron chi connectivity index (χ2n) is 6.25. The molecule has 24 heavy (non-hydrogen) atoms. The predicted molar refractivity (Wildman–Crippen MR) is 97.7 cm³/mol. The second kappa shape index (κ2) is 9.04. The topological polar surface area (TPSA) is 75.4 Å². The van der Waals surface area contributed by atoms with E-state index < -0.39 is 11.5 Å². The maximum Gasteiger partial charge on any atom is 0.245 e. The lowest BCUT2D eigenvalue weighted by atomic mass is 9.81. The number of benzene rings is 1. The Morgan fingerprint density at radius 1 is 1.29 bits per heavy atom. The third-order valence-corrected chi connectivity index (χ3v) is 5.05. The number of amides is 2. The van der Waals surface area contributed by atoms with E-state index in [0.717, 1.165) is 5.56 Å². The minimum atomic E-state index is -0.562. The maximum atomic E-state index is 12.6. The lowest BCUT2D eigenvalue weighted by Crippen LogP contribution is -2.50. The van der Waals surface area contributed by atoms with Crippen LogP contribution in [-0.4, -0.2) is 35.8 Å². The van der Waals surface area contributed by atoms with Crippen molar-refractivity contribution >= 4 is 24.2 Å². The van der Waals surface area contributed by atoms with Crippen molar-refractivity contribution in [2.45, 2.75) is 45.7 Å². The Morgan fingerprint density at radius 2 is 1.92 bits per heavy atom. The van der Waals surface area contributed by atoms with Gasteiger partial charge in [-0.15, -0.1) is 12.4 Å². The highest BCUT2D eigenvalue weighted by Gasteiger charge is 2.38. The third-order valence-electron chi connectivity index (χ3n) is 5.05. The molecule has 6 heteroatoms. The number of carbonyl (C=O) groups is 2. The molecular formula is C18H28ClN3O2. The molecular weight excluding hydrogens is 326 g/mol. The molecule has 0 aromatic heterocycles. The number of nitrogens with two attached hydrogens (primary N) is 1. The van der Waals surface area contributed by atoms with E-state index in [2.05, 4.69) is 5.32 Å². The van der Waals surface area contributed by atoms with Gasteiger partial charge in [0.15, 0.2) is 0 Å². The summed E-state index contributed by atoms with van der Waals surface area (Å²) in [4.78, 5) is 26.9. The molecule has 0 aliphatic carbocycles. The number of hydrogen-bond donors (Lipinski definition) is 2. The fourth-order valence-electron chi connectivity index (χ4n) is 3.10. The fourth-order valence-corrected chi connectivity index (χ4v) is 3.10. The molecule has 0 spiro atoms. The van der Waals surface area contributed by atoms with Gasteiger partial charge in [-0.25, -0.2) is 0 Å². The number of hydrogen-bond acceptors (Lipinski definition) is 3. The molecule has 2 amide bonds. The van der Waals surface area contributed by atoms with Crippen LogP contribution in [0, 0.1) is 5.41 Å². The predicted octanol–water partition coefficient (Wildman–Crippen LogP) is 2.09. The van der Waals surface area contributed by atoms with Crippen molar-refractivity contribution in [1.82, 2.24) is 10.2 Å². The van der Waals surface area contributed by atoms with Crippen molar-refractivity contribution in [3.8, 4) is 0 Å². The number of halogens is 1. The lowest BCUT2D eigenvalue weighted by molar-refractivity contribution is -0.137. The van der Waals surface area contributed by atoms with Crippen LogP contribution in [-0.2, 0) is 16.1 Å². The first-order valence-electron chi connectivity index (χ1n) is 8.40. The van der Waals surface area contributed by atoms with Crippen LogP contribution in [0.2, 0.25) is 0 Å². The Balaban J connectivity index is 0.00000288. The molecule has 1 unspecified atom stereocenters. The summed E-state index contributed by atoms with van der Waals surface area (Å²) in [5, 5.41) is 2.93. The highest BCUT2D eigenvalue weighted by Crippen LogP contribution is 2.26. The van der Waals surface area contributed by atoms with Gasteiger partial charge >= 0.3 is 0 Å². The minimum Gasteiger partial charge on any atom is -0.344 e. The van der Waals surface area contributed by atoms with Gasteiger partial charge in [-0.1, -0.05) is 44.2 Å². The van der Waals surface area contributed by atoms with Gasteiger partial charge in [0.25, 0.3) is 0 Å². The molecule has 0 radical (unpaired) electrons. The molecule has 1 heterocycles. The van der Waals surface area contributed by atoms with Crippen molar-refractivity contribution in [2.24, 2.45) is 11.1 Å². The highest BCUT2D eigenvalue weighted by molar-refractivity contribution is 5.91. The molecule has 0 saturated carbocycles. The van der Waals surface area contributed by atoms with Crippen molar-refractivity contribution in [3.05, 3.63) is 35.9 Å². The quantitative estimate of drug-likeness (QED) is 0.788. The molecule has 1 saturated heterocycles. The molecule has 1 atom stereocenters. The highest BCUT2D eigenvalue weighted by atomic mass is 35.5. The Morgan fingerprint density at radius 3 is 2.46 bits per heavy atom. The van der Waals surface area contributed by atoms with E-state index in [-0.39, 0.29) is 24.2 Å². The van der Waals surface area contributed by atoms with Crippen LogP contribution >= 0.6 is 12.4 Å². The van der Waals surface area contributed by atoms with Crippen molar-refractivity contribution in [1.29, 1.82) is 0 Å². The number of nitrogens with one attached hydrogen (secondary N) is 1. The minimum absolute atomic E-state index is 0. The van der Waals surface area contributed by atoms with E-state index in [4.69, 9.17) is 5.73 Å². The number of likely N-dealkylation sites (tertiary alicyclic amines) is 1. The van der Waals surface area contributed by atoms with E-state index in [0.29, 0.717) is 38.9 Å². The molecule has 1 aliphatic rings. The molecule has 134 valence electrons. The van der Waals surface area contributed by atoms with Crippen molar-refractivity contribution in [2.75, 3.05) is 13.1 Å². The van der Waals surface area contributed by atoms with Gasteiger partial charge in [-0.3, -0.25) is 9.59 Å². The Bertz CT molecular complexity index is 538. The van der Waals surface area contributed by atoms with E-state index in [1.807, 2.05) is 49.1 Å². The summed E-state index contributed by atoms with van der Waals surface area (Å²) >= 11 is 0. The number of nitrogens with zero attached hydrogens (tertiary/aromatic N) is 1. The van der Waals surface area contributed by atoms with Crippen LogP contribution in [0.3, 0.4) is 0 Å². The average molecular weight is 354 g/mol. The van der Waals surface area contributed by atoms with Crippen LogP contribution in [0.5, 0.6) is 0 Å². The molecule has 1 fully saturated rings. The maximum absolute atomic E-state index is 12.6. The summed E-state index contributed by atoms with van der Waals surface area (Å²) in [5.74, 6) is -0.0924. The summed E-state index contributed by atoms with van der Waals surface area (Å²) < 4.78 is 0. The zero-order valence-corrected chi connectivity index (χ0v) is 15.3. The molecule has 5 nitrogen and oxygen atoms in total. The van der Waals surface area contributed by atoms with Crippen LogP contribution in [0.15, 0.2) is 30.3 Å². The van der Waals surface area contributed by atoms with E-state index >= 15 is 0 Å². The first kappa shape index (κ1) is 20.5.